The van der Waals surface area contributed by atoms with Gasteiger partial charge in [-0.15, -0.1) is 0 Å². The average molecular weight is 444 g/mol. The number of rotatable bonds is 6. The van der Waals surface area contributed by atoms with E-state index in [0.717, 1.165) is 16.8 Å². The number of primary amides is 1. The van der Waals surface area contributed by atoms with Gasteiger partial charge in [0.05, 0.1) is 24.4 Å². The fourth-order valence-electron chi connectivity index (χ4n) is 3.95. The molecule has 0 saturated carbocycles. The Kier molecular flexibility index (Phi) is 5.51. The van der Waals surface area contributed by atoms with E-state index in [1.807, 2.05) is 12.1 Å². The van der Waals surface area contributed by atoms with Crippen LogP contribution in [-0.4, -0.2) is 49.0 Å². The molecule has 5 rings (SSSR count). The molecule has 0 spiro atoms. The number of carbonyl (C=O) groups excluding carboxylic acids is 1. The van der Waals surface area contributed by atoms with E-state index in [1.165, 1.54) is 6.33 Å². The first-order valence-corrected chi connectivity index (χ1v) is 10.4. The lowest BCUT2D eigenvalue weighted by atomic mass is 9.79. The number of nitrogens with two attached hydrogens (primary N) is 1. The Morgan fingerprint density at radius 1 is 1.21 bits per heavy atom. The number of carbonyl (C=O) groups is 1. The van der Waals surface area contributed by atoms with Gasteiger partial charge in [0.25, 0.3) is 5.91 Å². The number of fused-ring (bicyclic) bond motifs is 2. The molecule has 1 aliphatic heterocycles. The van der Waals surface area contributed by atoms with Crippen LogP contribution in [0.15, 0.2) is 48.8 Å². The number of nitrogens with one attached hydrogen (secondary N) is 1. The Morgan fingerprint density at radius 2 is 2.06 bits per heavy atom. The van der Waals surface area contributed by atoms with Gasteiger partial charge in [-0.25, -0.2) is 15.0 Å². The Balaban J connectivity index is 1.54. The van der Waals surface area contributed by atoms with Crippen molar-refractivity contribution in [3.05, 3.63) is 71.3 Å². The molecule has 0 aliphatic carbocycles. The highest BCUT2D eigenvalue weighted by molar-refractivity contribution is 6.58. The zero-order chi connectivity index (χ0) is 22.9. The van der Waals surface area contributed by atoms with E-state index in [9.17, 15) is 14.8 Å². The van der Waals surface area contributed by atoms with Gasteiger partial charge in [0.15, 0.2) is 5.82 Å². The van der Waals surface area contributed by atoms with Crippen molar-refractivity contribution in [2.45, 2.75) is 19.6 Å². The summed E-state index contributed by atoms with van der Waals surface area (Å²) in [6, 6.07) is 12.2. The molecule has 10 nitrogen and oxygen atoms in total. The predicted octanol–water partition coefficient (Wildman–Crippen LogP) is 0.255. The summed E-state index contributed by atoms with van der Waals surface area (Å²) in [5, 5.41) is 22.2. The fraction of sp³-hybridized carbons (Fsp3) is 0.182. The minimum atomic E-state index is -1.53. The van der Waals surface area contributed by atoms with Crippen LogP contribution < -0.4 is 16.5 Å². The molecule has 0 unspecified atom stereocenters. The molecule has 0 atom stereocenters. The molecule has 0 saturated heterocycles. The van der Waals surface area contributed by atoms with Gasteiger partial charge < -0.3 is 25.8 Å². The number of amides is 1. The van der Waals surface area contributed by atoms with Crippen LogP contribution in [-0.2, 0) is 24.3 Å². The zero-order valence-corrected chi connectivity index (χ0v) is 17.6. The van der Waals surface area contributed by atoms with Crippen molar-refractivity contribution in [1.29, 1.82) is 0 Å². The molecule has 33 heavy (non-hydrogen) atoms. The fourth-order valence-corrected chi connectivity index (χ4v) is 3.95. The summed E-state index contributed by atoms with van der Waals surface area (Å²) in [7, 11) is -1.53. The number of ether oxygens (including phenoxy) is 1. The molecule has 1 aliphatic rings. The van der Waals surface area contributed by atoms with Crippen LogP contribution in [0.2, 0.25) is 0 Å². The molecule has 166 valence electrons. The zero-order valence-electron chi connectivity index (χ0n) is 17.6. The second-order valence-corrected chi connectivity index (χ2v) is 7.72. The van der Waals surface area contributed by atoms with Crippen molar-refractivity contribution in [2.75, 3.05) is 11.9 Å². The van der Waals surface area contributed by atoms with Gasteiger partial charge in [0.2, 0.25) is 0 Å². The quantitative estimate of drug-likeness (QED) is 0.310. The van der Waals surface area contributed by atoms with E-state index in [4.69, 9.17) is 20.4 Å². The summed E-state index contributed by atoms with van der Waals surface area (Å²) in [6.07, 6.45) is 2.20. The molecule has 3 aromatic heterocycles. The Morgan fingerprint density at radius 3 is 2.88 bits per heavy atom. The first-order chi connectivity index (χ1) is 16.0. The lowest BCUT2D eigenvalue weighted by Crippen LogP contribution is -2.30. The SMILES string of the molecule is NC(=O)c1cccc2c(-c3nc4c(c(NCc5cccc(B(O)O)c5)n3)CCOC4)ncn12. The van der Waals surface area contributed by atoms with Gasteiger partial charge in [-0.3, -0.25) is 9.20 Å². The normalized spacial score (nSPS) is 13.0. The molecule has 0 bridgehead atoms. The first-order valence-electron chi connectivity index (χ1n) is 10.4. The van der Waals surface area contributed by atoms with Crippen molar-refractivity contribution in [1.82, 2.24) is 19.4 Å². The van der Waals surface area contributed by atoms with E-state index in [-0.39, 0.29) is 0 Å². The Bertz CT molecular complexity index is 1360. The third kappa shape index (κ3) is 4.04. The highest BCUT2D eigenvalue weighted by Gasteiger charge is 2.22. The summed E-state index contributed by atoms with van der Waals surface area (Å²) in [5.41, 5.74) is 10.0. The summed E-state index contributed by atoms with van der Waals surface area (Å²) in [5.74, 6) is 0.521. The summed E-state index contributed by atoms with van der Waals surface area (Å²) >= 11 is 0. The molecule has 0 radical (unpaired) electrons. The average Bonchev–Trinajstić information content (AvgIpc) is 3.26. The largest absolute Gasteiger partial charge is 0.488 e. The van der Waals surface area contributed by atoms with Crippen LogP contribution in [0.1, 0.15) is 27.3 Å². The summed E-state index contributed by atoms with van der Waals surface area (Å²) in [4.78, 5) is 25.7. The van der Waals surface area contributed by atoms with Crippen LogP contribution in [0.4, 0.5) is 5.82 Å². The van der Waals surface area contributed by atoms with E-state index in [2.05, 4.69) is 10.3 Å². The summed E-state index contributed by atoms with van der Waals surface area (Å²) in [6.45, 7) is 1.37. The highest BCUT2D eigenvalue weighted by atomic mass is 16.5. The maximum atomic E-state index is 11.8. The lowest BCUT2D eigenvalue weighted by molar-refractivity contribution is 0.0994. The highest BCUT2D eigenvalue weighted by Crippen LogP contribution is 2.28. The van der Waals surface area contributed by atoms with Gasteiger partial charge in [0, 0.05) is 18.5 Å². The van der Waals surface area contributed by atoms with Crippen molar-refractivity contribution in [2.24, 2.45) is 5.73 Å². The van der Waals surface area contributed by atoms with Crippen LogP contribution in [0, 0.1) is 0 Å². The number of benzene rings is 1. The standard InChI is InChI=1S/C22H21BN6O4/c24-20(30)18-6-2-5-17-19(26-12-29(17)18)22-27-16-11-33-8-7-15(16)21(28-22)25-10-13-3-1-4-14(9-13)23(31)32/h1-6,9,12,31-32H,7-8,10-11H2,(H2,24,30)(H,25,27,28). The van der Waals surface area contributed by atoms with Gasteiger partial charge in [-0.1, -0.05) is 30.3 Å². The van der Waals surface area contributed by atoms with E-state index >= 15 is 0 Å². The molecule has 0 fully saturated rings. The van der Waals surface area contributed by atoms with Crippen molar-refractivity contribution >= 4 is 29.8 Å². The maximum absolute atomic E-state index is 11.8. The van der Waals surface area contributed by atoms with Crippen LogP contribution in [0.25, 0.3) is 17.0 Å². The second-order valence-electron chi connectivity index (χ2n) is 7.72. The molecular weight excluding hydrogens is 423 g/mol. The number of hydrogen-bond donors (Lipinski definition) is 4. The van der Waals surface area contributed by atoms with Crippen molar-refractivity contribution in [3.8, 4) is 11.5 Å². The van der Waals surface area contributed by atoms with Crippen LogP contribution in [0.3, 0.4) is 0 Å². The molecule has 1 amide bonds. The predicted molar refractivity (Wildman–Crippen MR) is 122 cm³/mol. The minimum absolute atomic E-state index is 0.317. The summed E-state index contributed by atoms with van der Waals surface area (Å²) < 4.78 is 7.23. The third-order valence-corrected chi connectivity index (χ3v) is 5.57. The molecule has 4 heterocycles. The second kappa shape index (κ2) is 8.62. The Hall–Kier alpha value is -3.80. The molecule has 4 aromatic rings. The van der Waals surface area contributed by atoms with Crippen LogP contribution in [0.5, 0.6) is 0 Å². The van der Waals surface area contributed by atoms with Gasteiger partial charge in [-0.05, 0) is 23.2 Å². The third-order valence-electron chi connectivity index (χ3n) is 5.57. The van der Waals surface area contributed by atoms with Gasteiger partial charge in [-0.2, -0.15) is 0 Å². The van der Waals surface area contributed by atoms with E-state index < -0.39 is 13.0 Å². The molecule has 5 N–H and O–H groups in total. The van der Waals surface area contributed by atoms with Crippen LogP contribution >= 0.6 is 0 Å². The number of aromatic nitrogens is 4. The number of nitrogens with zero attached hydrogens (tertiary/aromatic N) is 4. The minimum Gasteiger partial charge on any atom is -0.423 e. The lowest BCUT2D eigenvalue weighted by Gasteiger charge is -2.20. The maximum Gasteiger partial charge on any atom is 0.488 e. The van der Waals surface area contributed by atoms with Crippen molar-refractivity contribution < 1.29 is 19.6 Å². The number of pyridine rings is 1. The van der Waals surface area contributed by atoms with E-state index in [0.29, 0.717) is 60.2 Å². The van der Waals surface area contributed by atoms with Gasteiger partial charge >= 0.3 is 7.12 Å². The molecule has 11 heteroatoms. The monoisotopic (exact) mass is 444 g/mol. The smallest absolute Gasteiger partial charge is 0.423 e. The topological polar surface area (TPSA) is 148 Å². The Labute approximate surface area is 189 Å². The van der Waals surface area contributed by atoms with E-state index in [1.54, 1.807) is 34.7 Å². The molecule has 1 aromatic carbocycles. The first kappa shape index (κ1) is 21.1. The number of anilines is 1. The molecular formula is C22H21BN6O4. The number of hydrogen-bond acceptors (Lipinski definition) is 8. The van der Waals surface area contributed by atoms with Crippen molar-refractivity contribution in [3.63, 3.8) is 0 Å². The van der Waals surface area contributed by atoms with Gasteiger partial charge in [0.1, 0.15) is 23.5 Å². The number of imidazole rings is 1.